The highest BCUT2D eigenvalue weighted by molar-refractivity contribution is 6.10. The highest BCUT2D eigenvalue weighted by Gasteiger charge is 2.12. The first kappa shape index (κ1) is 13.3. The van der Waals surface area contributed by atoms with Crippen molar-refractivity contribution in [3.63, 3.8) is 0 Å². The van der Waals surface area contributed by atoms with Gasteiger partial charge in [0, 0.05) is 20.2 Å². The molecule has 2 aromatic rings. The van der Waals surface area contributed by atoms with Gasteiger partial charge in [-0.15, -0.1) is 0 Å². The maximum atomic E-state index is 13.9. The maximum absolute atomic E-state index is 13.9. The molecule has 2 rings (SSSR count). The minimum Gasteiger partial charge on any atom is -0.295 e. The summed E-state index contributed by atoms with van der Waals surface area (Å²) in [5, 5.41) is 20.6. The molecule has 0 saturated heterocycles. The number of hydrogen-bond donors (Lipinski definition) is 1. The fourth-order valence-corrected chi connectivity index (χ4v) is 1.80. The molecule has 0 atom stereocenters. The van der Waals surface area contributed by atoms with Gasteiger partial charge in [-0.2, -0.15) is 15.6 Å². The summed E-state index contributed by atoms with van der Waals surface area (Å²) in [6.45, 7) is 0. The predicted molar refractivity (Wildman–Crippen MR) is 70.4 cm³/mol. The van der Waals surface area contributed by atoms with Gasteiger partial charge in [0.15, 0.2) is 0 Å². The molecule has 0 aliphatic rings. The Bertz CT molecular complexity index is 845. The second-order valence-electron chi connectivity index (χ2n) is 4.02. The number of imidazole rings is 1. The first-order valence-electron chi connectivity index (χ1n) is 5.48. The standard InChI is InChI=1S/C12H9FN6O/c1-18-10-3-8(13)9(17-16-7(5-14)6-15)4-11(10)19(2)12(18)20/h3-4,17H,1-2H3. The van der Waals surface area contributed by atoms with E-state index in [0.29, 0.717) is 11.0 Å². The number of nitrogens with one attached hydrogen (secondary N) is 1. The van der Waals surface area contributed by atoms with Gasteiger partial charge in [0.05, 0.1) is 16.7 Å². The molecule has 1 heterocycles. The smallest absolute Gasteiger partial charge is 0.295 e. The zero-order valence-electron chi connectivity index (χ0n) is 10.7. The molecule has 20 heavy (non-hydrogen) atoms. The number of rotatable bonds is 2. The Kier molecular flexibility index (Phi) is 3.23. The van der Waals surface area contributed by atoms with Crippen LogP contribution in [-0.2, 0) is 14.1 Å². The van der Waals surface area contributed by atoms with Crippen LogP contribution in [-0.4, -0.2) is 14.8 Å². The van der Waals surface area contributed by atoms with E-state index >= 15 is 0 Å². The van der Waals surface area contributed by atoms with Crippen molar-refractivity contribution in [3.05, 3.63) is 28.4 Å². The molecule has 0 saturated carbocycles. The average Bonchev–Trinajstić information content (AvgIpc) is 2.65. The quantitative estimate of drug-likeness (QED) is 0.646. The molecular formula is C12H9FN6O. The summed E-state index contributed by atoms with van der Waals surface area (Å²) in [6, 6.07) is 5.67. The van der Waals surface area contributed by atoms with Crippen LogP contribution < -0.4 is 11.1 Å². The lowest BCUT2D eigenvalue weighted by atomic mass is 10.2. The first-order valence-corrected chi connectivity index (χ1v) is 5.48. The number of nitrogens with zero attached hydrogens (tertiary/aromatic N) is 5. The topological polar surface area (TPSA) is 98.9 Å². The van der Waals surface area contributed by atoms with Crippen molar-refractivity contribution in [2.75, 3.05) is 5.43 Å². The molecule has 100 valence electrons. The molecular weight excluding hydrogens is 263 g/mol. The van der Waals surface area contributed by atoms with Gasteiger partial charge >= 0.3 is 5.69 Å². The van der Waals surface area contributed by atoms with Gasteiger partial charge in [-0.25, -0.2) is 9.18 Å². The zero-order chi connectivity index (χ0) is 14.9. The largest absolute Gasteiger partial charge is 0.328 e. The number of fused-ring (bicyclic) bond motifs is 1. The number of hydrazone groups is 1. The Labute approximate surface area is 112 Å². The number of aryl methyl sites for hydroxylation is 2. The molecule has 0 spiro atoms. The normalized spacial score (nSPS) is 9.85. The van der Waals surface area contributed by atoms with Crippen molar-refractivity contribution < 1.29 is 4.39 Å². The molecule has 0 fully saturated rings. The van der Waals surface area contributed by atoms with Crippen LogP contribution in [0.5, 0.6) is 0 Å². The van der Waals surface area contributed by atoms with E-state index in [-0.39, 0.29) is 11.4 Å². The van der Waals surface area contributed by atoms with Crippen LogP contribution >= 0.6 is 0 Å². The summed E-state index contributed by atoms with van der Waals surface area (Å²) in [6.07, 6.45) is 0. The number of halogens is 1. The van der Waals surface area contributed by atoms with Crippen molar-refractivity contribution in [3.8, 4) is 12.1 Å². The summed E-state index contributed by atoms with van der Waals surface area (Å²) in [5.74, 6) is -0.641. The molecule has 0 aliphatic heterocycles. The van der Waals surface area contributed by atoms with Gasteiger partial charge < -0.3 is 0 Å². The van der Waals surface area contributed by atoms with E-state index in [1.54, 1.807) is 26.2 Å². The summed E-state index contributed by atoms with van der Waals surface area (Å²) >= 11 is 0. The van der Waals surface area contributed by atoms with E-state index in [1.807, 2.05) is 0 Å². The Morgan fingerprint density at radius 3 is 2.35 bits per heavy atom. The second kappa shape index (κ2) is 4.86. The number of hydrogen-bond acceptors (Lipinski definition) is 5. The molecule has 0 unspecified atom stereocenters. The van der Waals surface area contributed by atoms with Gasteiger partial charge in [-0.05, 0) is 6.07 Å². The first-order chi connectivity index (χ1) is 9.49. The van der Waals surface area contributed by atoms with E-state index in [2.05, 4.69) is 10.5 Å². The van der Waals surface area contributed by atoms with Crippen LogP contribution in [0.4, 0.5) is 10.1 Å². The Balaban J connectivity index is 2.58. The van der Waals surface area contributed by atoms with E-state index in [4.69, 9.17) is 10.5 Å². The molecule has 1 aromatic carbocycles. The third-order valence-corrected chi connectivity index (χ3v) is 2.86. The van der Waals surface area contributed by atoms with Crippen molar-refractivity contribution in [1.82, 2.24) is 9.13 Å². The summed E-state index contributed by atoms with van der Waals surface area (Å²) in [4.78, 5) is 11.7. The van der Waals surface area contributed by atoms with Crippen LogP contribution in [0.3, 0.4) is 0 Å². The van der Waals surface area contributed by atoms with Crippen LogP contribution in [0.25, 0.3) is 11.0 Å². The molecule has 1 N–H and O–H groups in total. The van der Waals surface area contributed by atoms with Crippen LogP contribution in [0.15, 0.2) is 22.0 Å². The molecule has 0 radical (unpaired) electrons. The fourth-order valence-electron chi connectivity index (χ4n) is 1.80. The fraction of sp³-hybridized carbons (Fsp3) is 0.167. The molecule has 0 amide bonds. The van der Waals surface area contributed by atoms with Crippen LogP contribution in [0.2, 0.25) is 0 Å². The van der Waals surface area contributed by atoms with Gasteiger partial charge in [-0.3, -0.25) is 14.6 Å². The van der Waals surface area contributed by atoms with Gasteiger partial charge in [-0.1, -0.05) is 0 Å². The van der Waals surface area contributed by atoms with Crippen LogP contribution in [0, 0.1) is 28.5 Å². The van der Waals surface area contributed by atoms with Crippen molar-refractivity contribution in [2.24, 2.45) is 19.2 Å². The SMILES string of the molecule is Cn1c(=O)n(C)c2cc(NN=C(C#N)C#N)c(F)cc21. The molecule has 8 heteroatoms. The highest BCUT2D eigenvalue weighted by atomic mass is 19.1. The summed E-state index contributed by atoms with van der Waals surface area (Å²) in [7, 11) is 3.10. The van der Waals surface area contributed by atoms with E-state index in [1.165, 1.54) is 21.3 Å². The number of nitriles is 2. The summed E-state index contributed by atoms with van der Waals surface area (Å²) in [5.41, 5.74) is 2.51. The Morgan fingerprint density at radius 1 is 1.25 bits per heavy atom. The Morgan fingerprint density at radius 2 is 1.80 bits per heavy atom. The van der Waals surface area contributed by atoms with Crippen molar-refractivity contribution >= 4 is 22.4 Å². The van der Waals surface area contributed by atoms with Crippen molar-refractivity contribution in [2.45, 2.75) is 0 Å². The van der Waals surface area contributed by atoms with Crippen molar-refractivity contribution in [1.29, 1.82) is 10.5 Å². The van der Waals surface area contributed by atoms with Gasteiger partial charge in [0.2, 0.25) is 5.71 Å². The highest BCUT2D eigenvalue weighted by Crippen LogP contribution is 2.21. The lowest BCUT2D eigenvalue weighted by Crippen LogP contribution is -2.19. The van der Waals surface area contributed by atoms with E-state index in [0.717, 1.165) is 0 Å². The minimum atomic E-state index is -0.641. The Hall–Kier alpha value is -3.13. The molecule has 1 aromatic heterocycles. The van der Waals surface area contributed by atoms with E-state index < -0.39 is 11.5 Å². The zero-order valence-corrected chi connectivity index (χ0v) is 10.7. The van der Waals surface area contributed by atoms with E-state index in [9.17, 15) is 9.18 Å². The third kappa shape index (κ3) is 1.99. The maximum Gasteiger partial charge on any atom is 0.328 e. The van der Waals surface area contributed by atoms with Gasteiger partial charge in [0.25, 0.3) is 0 Å². The third-order valence-electron chi connectivity index (χ3n) is 2.86. The lowest BCUT2D eigenvalue weighted by molar-refractivity contribution is 0.631. The second-order valence-corrected chi connectivity index (χ2v) is 4.02. The number of anilines is 1. The monoisotopic (exact) mass is 272 g/mol. The lowest BCUT2D eigenvalue weighted by Gasteiger charge is -2.03. The molecule has 0 bridgehead atoms. The molecule has 0 aliphatic carbocycles. The average molecular weight is 272 g/mol. The van der Waals surface area contributed by atoms with Crippen LogP contribution in [0.1, 0.15) is 0 Å². The number of aromatic nitrogens is 2. The minimum absolute atomic E-state index is 0.0262. The summed E-state index contributed by atoms with van der Waals surface area (Å²) < 4.78 is 16.6. The molecule has 7 nitrogen and oxygen atoms in total. The number of benzene rings is 1. The predicted octanol–water partition coefficient (Wildman–Crippen LogP) is 0.831. The van der Waals surface area contributed by atoms with Gasteiger partial charge in [0.1, 0.15) is 18.0 Å².